The molecule has 0 spiro atoms. The van der Waals surface area contributed by atoms with Crippen LogP contribution in [0.25, 0.3) is 28.1 Å². The van der Waals surface area contributed by atoms with Gasteiger partial charge >= 0.3 is 0 Å². The number of para-hydroxylation sites is 1. The number of ether oxygens (including phenoxy) is 1. The third-order valence-corrected chi connectivity index (χ3v) is 5.41. The molecule has 0 amide bonds. The number of benzene rings is 2. The SMILES string of the molecule is COc1ccc(-c2nc(N3CCCCC3)c3cnn(-c4ccccc4)c3n2)cc1. The fourth-order valence-electron chi connectivity index (χ4n) is 3.87. The molecule has 0 saturated carbocycles. The highest BCUT2D eigenvalue weighted by Gasteiger charge is 2.20. The lowest BCUT2D eigenvalue weighted by Gasteiger charge is -2.28. The Hall–Kier alpha value is -3.41. The van der Waals surface area contributed by atoms with Gasteiger partial charge in [0.15, 0.2) is 11.5 Å². The van der Waals surface area contributed by atoms with E-state index in [9.17, 15) is 0 Å². The first-order valence-corrected chi connectivity index (χ1v) is 10.0. The summed E-state index contributed by atoms with van der Waals surface area (Å²) in [5, 5.41) is 5.64. The summed E-state index contributed by atoms with van der Waals surface area (Å²) < 4.78 is 7.20. The zero-order chi connectivity index (χ0) is 19.6. The van der Waals surface area contributed by atoms with Gasteiger partial charge in [0, 0.05) is 18.7 Å². The predicted molar refractivity (Wildman–Crippen MR) is 115 cm³/mol. The van der Waals surface area contributed by atoms with Crippen molar-refractivity contribution in [2.24, 2.45) is 0 Å². The van der Waals surface area contributed by atoms with Gasteiger partial charge in [0.25, 0.3) is 0 Å². The number of rotatable bonds is 4. The highest BCUT2D eigenvalue weighted by Crippen LogP contribution is 2.31. The minimum atomic E-state index is 0.707. The first-order valence-electron chi connectivity index (χ1n) is 10.0. The van der Waals surface area contributed by atoms with E-state index in [1.165, 1.54) is 19.3 Å². The Bertz CT molecular complexity index is 1120. The molecule has 0 bridgehead atoms. The van der Waals surface area contributed by atoms with Gasteiger partial charge in [-0.2, -0.15) is 5.10 Å². The maximum Gasteiger partial charge on any atom is 0.169 e. The third kappa shape index (κ3) is 3.31. The highest BCUT2D eigenvalue weighted by atomic mass is 16.5. The van der Waals surface area contributed by atoms with Crippen LogP contribution in [0.1, 0.15) is 19.3 Å². The number of methoxy groups -OCH3 is 1. The molecule has 1 fully saturated rings. The molecule has 0 N–H and O–H groups in total. The fraction of sp³-hybridized carbons (Fsp3) is 0.261. The molecule has 2 aromatic heterocycles. The first kappa shape index (κ1) is 17.7. The molecular weight excluding hydrogens is 362 g/mol. The van der Waals surface area contributed by atoms with E-state index in [0.717, 1.165) is 46.9 Å². The maximum absolute atomic E-state index is 5.30. The largest absolute Gasteiger partial charge is 0.497 e. The predicted octanol–water partition coefficient (Wildman–Crippen LogP) is 4.48. The highest BCUT2D eigenvalue weighted by molar-refractivity contribution is 5.89. The number of piperidine rings is 1. The van der Waals surface area contributed by atoms with Gasteiger partial charge in [0.1, 0.15) is 11.6 Å². The molecule has 4 aromatic rings. The van der Waals surface area contributed by atoms with Gasteiger partial charge in [-0.3, -0.25) is 0 Å². The van der Waals surface area contributed by atoms with E-state index < -0.39 is 0 Å². The van der Waals surface area contributed by atoms with Crippen LogP contribution in [0.3, 0.4) is 0 Å². The second-order valence-electron chi connectivity index (χ2n) is 7.28. The van der Waals surface area contributed by atoms with Crippen LogP contribution in [0.2, 0.25) is 0 Å². The van der Waals surface area contributed by atoms with Crippen molar-refractivity contribution in [1.29, 1.82) is 0 Å². The van der Waals surface area contributed by atoms with Gasteiger partial charge in [0.2, 0.25) is 0 Å². The Labute approximate surface area is 169 Å². The summed E-state index contributed by atoms with van der Waals surface area (Å²) in [5.41, 5.74) is 2.79. The minimum Gasteiger partial charge on any atom is -0.497 e. The first-order chi connectivity index (χ1) is 14.3. The fourth-order valence-corrected chi connectivity index (χ4v) is 3.87. The third-order valence-electron chi connectivity index (χ3n) is 5.41. The summed E-state index contributed by atoms with van der Waals surface area (Å²) in [4.78, 5) is 12.3. The van der Waals surface area contributed by atoms with Crippen molar-refractivity contribution < 1.29 is 4.74 Å². The van der Waals surface area contributed by atoms with E-state index in [0.29, 0.717) is 5.82 Å². The van der Waals surface area contributed by atoms with Gasteiger partial charge in [0.05, 0.1) is 24.4 Å². The molecule has 5 rings (SSSR count). The lowest BCUT2D eigenvalue weighted by atomic mass is 10.1. The Balaban J connectivity index is 1.70. The van der Waals surface area contributed by atoms with Crippen molar-refractivity contribution in [1.82, 2.24) is 19.7 Å². The van der Waals surface area contributed by atoms with Crippen molar-refractivity contribution >= 4 is 16.9 Å². The van der Waals surface area contributed by atoms with Crippen LogP contribution in [0.4, 0.5) is 5.82 Å². The number of hydrogen-bond donors (Lipinski definition) is 0. The zero-order valence-electron chi connectivity index (χ0n) is 16.5. The molecule has 0 radical (unpaired) electrons. The number of aromatic nitrogens is 4. The molecule has 1 aliphatic heterocycles. The van der Waals surface area contributed by atoms with E-state index in [2.05, 4.69) is 10.00 Å². The number of hydrogen-bond acceptors (Lipinski definition) is 5. The molecule has 1 aliphatic rings. The van der Waals surface area contributed by atoms with E-state index in [1.807, 2.05) is 65.5 Å². The second kappa shape index (κ2) is 7.54. The smallest absolute Gasteiger partial charge is 0.169 e. The van der Waals surface area contributed by atoms with Gasteiger partial charge < -0.3 is 9.64 Å². The summed E-state index contributed by atoms with van der Waals surface area (Å²) in [5.74, 6) is 2.50. The van der Waals surface area contributed by atoms with Gasteiger partial charge in [-0.1, -0.05) is 18.2 Å². The van der Waals surface area contributed by atoms with Gasteiger partial charge in [-0.25, -0.2) is 14.6 Å². The van der Waals surface area contributed by atoms with Crippen LogP contribution in [0.5, 0.6) is 5.75 Å². The molecule has 0 unspecified atom stereocenters. The molecule has 1 saturated heterocycles. The summed E-state index contributed by atoms with van der Waals surface area (Å²) in [6, 6.07) is 18.0. The van der Waals surface area contributed by atoms with E-state index in [-0.39, 0.29) is 0 Å². The van der Waals surface area contributed by atoms with Crippen molar-refractivity contribution in [2.45, 2.75) is 19.3 Å². The molecule has 0 atom stereocenters. The Morgan fingerprint density at radius 1 is 0.862 bits per heavy atom. The van der Waals surface area contributed by atoms with E-state index in [1.54, 1.807) is 7.11 Å². The van der Waals surface area contributed by atoms with Crippen LogP contribution < -0.4 is 9.64 Å². The van der Waals surface area contributed by atoms with Crippen molar-refractivity contribution in [3.63, 3.8) is 0 Å². The lowest BCUT2D eigenvalue weighted by Crippen LogP contribution is -2.30. The van der Waals surface area contributed by atoms with Crippen LogP contribution in [-0.2, 0) is 0 Å². The monoisotopic (exact) mass is 385 g/mol. The molecule has 3 heterocycles. The van der Waals surface area contributed by atoms with Crippen molar-refractivity contribution in [3.8, 4) is 22.8 Å². The average molecular weight is 385 g/mol. The standard InChI is InChI=1S/C23H23N5O/c1-29-19-12-10-17(11-13-19)21-25-22(27-14-6-3-7-15-27)20-16-24-28(23(20)26-21)18-8-4-2-5-9-18/h2,4-5,8-13,16H,3,6-7,14-15H2,1H3. The molecule has 6 nitrogen and oxygen atoms in total. The normalized spacial score (nSPS) is 14.3. The summed E-state index contributed by atoms with van der Waals surface area (Å²) in [6.07, 6.45) is 5.55. The van der Waals surface area contributed by atoms with Crippen molar-refractivity contribution in [3.05, 3.63) is 60.8 Å². The Kier molecular flexibility index (Phi) is 4.60. The topological polar surface area (TPSA) is 56.1 Å². The Morgan fingerprint density at radius 3 is 2.34 bits per heavy atom. The summed E-state index contributed by atoms with van der Waals surface area (Å²) in [6.45, 7) is 2.04. The quantitative estimate of drug-likeness (QED) is 0.518. The Morgan fingerprint density at radius 2 is 1.62 bits per heavy atom. The summed E-state index contributed by atoms with van der Waals surface area (Å²) >= 11 is 0. The summed E-state index contributed by atoms with van der Waals surface area (Å²) in [7, 11) is 1.67. The van der Waals surface area contributed by atoms with Crippen LogP contribution in [-0.4, -0.2) is 39.9 Å². The van der Waals surface area contributed by atoms with E-state index in [4.69, 9.17) is 14.7 Å². The van der Waals surface area contributed by atoms with Crippen molar-refractivity contribution in [2.75, 3.05) is 25.1 Å². The lowest BCUT2D eigenvalue weighted by molar-refractivity contribution is 0.415. The molecular formula is C23H23N5O. The maximum atomic E-state index is 5.30. The molecule has 29 heavy (non-hydrogen) atoms. The van der Waals surface area contributed by atoms with Gasteiger partial charge in [-0.15, -0.1) is 0 Å². The van der Waals surface area contributed by atoms with E-state index >= 15 is 0 Å². The molecule has 2 aromatic carbocycles. The second-order valence-corrected chi connectivity index (χ2v) is 7.28. The van der Waals surface area contributed by atoms with Crippen LogP contribution in [0, 0.1) is 0 Å². The number of fused-ring (bicyclic) bond motifs is 1. The van der Waals surface area contributed by atoms with Gasteiger partial charge in [-0.05, 0) is 55.7 Å². The number of nitrogens with zero attached hydrogens (tertiary/aromatic N) is 5. The minimum absolute atomic E-state index is 0.707. The molecule has 6 heteroatoms. The zero-order valence-corrected chi connectivity index (χ0v) is 16.5. The molecule has 146 valence electrons. The molecule has 0 aliphatic carbocycles. The number of anilines is 1. The van der Waals surface area contributed by atoms with Crippen LogP contribution >= 0.6 is 0 Å². The van der Waals surface area contributed by atoms with Crippen LogP contribution in [0.15, 0.2) is 60.8 Å². The average Bonchev–Trinajstić information content (AvgIpc) is 3.24.